The molecule has 0 aliphatic carbocycles. The zero-order chi connectivity index (χ0) is 16.1. The van der Waals surface area contributed by atoms with Gasteiger partial charge in [0.1, 0.15) is 5.82 Å². The summed E-state index contributed by atoms with van der Waals surface area (Å²) in [4.78, 5) is 16.9. The number of hydrogen-bond acceptors (Lipinski definition) is 4. The molecule has 2 aromatic heterocycles. The van der Waals surface area contributed by atoms with Crippen molar-refractivity contribution < 1.29 is 9.53 Å². The molecule has 6 heteroatoms. The smallest absolute Gasteiger partial charge is 0.224 e. The van der Waals surface area contributed by atoms with Crippen molar-refractivity contribution in [2.24, 2.45) is 5.92 Å². The van der Waals surface area contributed by atoms with E-state index in [1.807, 2.05) is 13.1 Å². The SMILES string of the molecule is CCOCCCNC(=O)C1CCc2ncc(-c3ccsc3)n2C1. The van der Waals surface area contributed by atoms with E-state index in [0.29, 0.717) is 13.2 Å². The van der Waals surface area contributed by atoms with Gasteiger partial charge in [0.25, 0.3) is 0 Å². The number of imidazole rings is 1. The highest BCUT2D eigenvalue weighted by molar-refractivity contribution is 7.08. The van der Waals surface area contributed by atoms with E-state index in [4.69, 9.17) is 4.74 Å². The third-order valence-corrected chi connectivity index (χ3v) is 4.90. The fourth-order valence-corrected chi connectivity index (χ4v) is 3.61. The van der Waals surface area contributed by atoms with Crippen LogP contribution in [0.2, 0.25) is 0 Å². The monoisotopic (exact) mass is 333 g/mol. The first-order valence-electron chi connectivity index (χ1n) is 8.22. The van der Waals surface area contributed by atoms with Gasteiger partial charge in [-0.3, -0.25) is 4.79 Å². The maximum absolute atomic E-state index is 12.4. The molecule has 1 amide bonds. The Labute approximate surface area is 140 Å². The van der Waals surface area contributed by atoms with Crippen molar-refractivity contribution in [2.75, 3.05) is 19.8 Å². The van der Waals surface area contributed by atoms with Crippen LogP contribution in [-0.4, -0.2) is 35.2 Å². The van der Waals surface area contributed by atoms with Crippen molar-refractivity contribution in [1.82, 2.24) is 14.9 Å². The van der Waals surface area contributed by atoms with Crippen LogP contribution in [0.5, 0.6) is 0 Å². The quantitative estimate of drug-likeness (QED) is 0.793. The van der Waals surface area contributed by atoms with Crippen LogP contribution in [0, 0.1) is 5.92 Å². The summed E-state index contributed by atoms with van der Waals surface area (Å²) in [6, 6.07) is 2.10. The van der Waals surface area contributed by atoms with Gasteiger partial charge in [0.15, 0.2) is 0 Å². The lowest BCUT2D eigenvalue weighted by Crippen LogP contribution is -2.36. The van der Waals surface area contributed by atoms with Crippen LogP contribution < -0.4 is 5.32 Å². The Bertz CT molecular complexity index is 636. The first-order valence-corrected chi connectivity index (χ1v) is 9.16. The molecule has 1 aliphatic rings. The van der Waals surface area contributed by atoms with E-state index >= 15 is 0 Å². The van der Waals surface area contributed by atoms with Gasteiger partial charge in [-0.25, -0.2) is 4.98 Å². The molecule has 0 spiro atoms. The fraction of sp³-hybridized carbons (Fsp3) is 0.529. The van der Waals surface area contributed by atoms with E-state index in [2.05, 4.69) is 31.7 Å². The molecule has 1 atom stereocenters. The lowest BCUT2D eigenvalue weighted by molar-refractivity contribution is -0.125. The minimum Gasteiger partial charge on any atom is -0.382 e. The van der Waals surface area contributed by atoms with Gasteiger partial charge in [-0.1, -0.05) is 0 Å². The Balaban J connectivity index is 1.59. The first-order chi connectivity index (χ1) is 11.3. The molecule has 3 rings (SSSR count). The summed E-state index contributed by atoms with van der Waals surface area (Å²) in [5.41, 5.74) is 2.31. The van der Waals surface area contributed by atoms with E-state index in [1.165, 1.54) is 5.56 Å². The zero-order valence-electron chi connectivity index (χ0n) is 13.5. The molecule has 0 fully saturated rings. The summed E-state index contributed by atoms with van der Waals surface area (Å²) in [7, 11) is 0. The van der Waals surface area contributed by atoms with E-state index < -0.39 is 0 Å². The number of rotatable bonds is 7. The van der Waals surface area contributed by atoms with Crippen molar-refractivity contribution in [3.8, 4) is 11.3 Å². The van der Waals surface area contributed by atoms with Crippen LogP contribution in [0.15, 0.2) is 23.0 Å². The maximum atomic E-state index is 12.4. The summed E-state index contributed by atoms with van der Waals surface area (Å²) in [6.07, 6.45) is 4.53. The van der Waals surface area contributed by atoms with Crippen LogP contribution in [0.4, 0.5) is 0 Å². The number of carbonyl (C=O) groups is 1. The molecule has 0 aromatic carbocycles. The molecule has 5 nitrogen and oxygen atoms in total. The topological polar surface area (TPSA) is 56.1 Å². The number of nitrogens with one attached hydrogen (secondary N) is 1. The predicted molar refractivity (Wildman–Crippen MR) is 91.5 cm³/mol. The van der Waals surface area contributed by atoms with Gasteiger partial charge in [0.05, 0.1) is 17.8 Å². The second kappa shape index (κ2) is 7.75. The number of nitrogens with zero attached hydrogens (tertiary/aromatic N) is 2. The van der Waals surface area contributed by atoms with Gasteiger partial charge in [-0.15, -0.1) is 0 Å². The van der Waals surface area contributed by atoms with Crippen molar-refractivity contribution in [1.29, 1.82) is 0 Å². The Hall–Kier alpha value is -1.66. The third kappa shape index (κ3) is 3.82. The van der Waals surface area contributed by atoms with E-state index in [1.54, 1.807) is 11.3 Å². The lowest BCUT2D eigenvalue weighted by Gasteiger charge is -2.24. The second-order valence-corrected chi connectivity index (χ2v) is 6.54. The average Bonchev–Trinajstić information content (AvgIpc) is 3.22. The van der Waals surface area contributed by atoms with Gasteiger partial charge >= 0.3 is 0 Å². The van der Waals surface area contributed by atoms with E-state index in [-0.39, 0.29) is 11.8 Å². The van der Waals surface area contributed by atoms with Crippen LogP contribution >= 0.6 is 11.3 Å². The maximum Gasteiger partial charge on any atom is 0.224 e. The molecule has 0 bridgehead atoms. The molecule has 0 saturated heterocycles. The van der Waals surface area contributed by atoms with Crippen LogP contribution in [0.25, 0.3) is 11.3 Å². The highest BCUT2D eigenvalue weighted by Gasteiger charge is 2.27. The van der Waals surface area contributed by atoms with Crippen LogP contribution in [-0.2, 0) is 22.5 Å². The molecule has 1 N–H and O–H groups in total. The van der Waals surface area contributed by atoms with Gasteiger partial charge in [-0.2, -0.15) is 11.3 Å². The first kappa shape index (κ1) is 16.2. The number of fused-ring (bicyclic) bond motifs is 1. The number of thiophene rings is 1. The van der Waals surface area contributed by atoms with Crippen molar-refractivity contribution in [3.63, 3.8) is 0 Å². The zero-order valence-corrected chi connectivity index (χ0v) is 14.3. The van der Waals surface area contributed by atoms with Gasteiger partial charge in [0, 0.05) is 43.7 Å². The summed E-state index contributed by atoms with van der Waals surface area (Å²) < 4.78 is 7.50. The lowest BCUT2D eigenvalue weighted by atomic mass is 9.98. The molecule has 124 valence electrons. The molecule has 23 heavy (non-hydrogen) atoms. The minimum absolute atomic E-state index is 0.0289. The molecule has 0 saturated carbocycles. The number of amides is 1. The number of hydrogen-bond donors (Lipinski definition) is 1. The van der Waals surface area contributed by atoms with Crippen molar-refractivity contribution in [2.45, 2.75) is 32.7 Å². The van der Waals surface area contributed by atoms with Crippen LogP contribution in [0.1, 0.15) is 25.6 Å². The minimum atomic E-state index is 0.0289. The summed E-state index contributed by atoms with van der Waals surface area (Å²) >= 11 is 1.68. The number of aromatic nitrogens is 2. The molecule has 2 aromatic rings. The molecule has 1 aliphatic heterocycles. The Morgan fingerprint density at radius 1 is 1.57 bits per heavy atom. The van der Waals surface area contributed by atoms with Gasteiger partial charge in [-0.05, 0) is 31.2 Å². The fourth-order valence-electron chi connectivity index (χ4n) is 2.96. The standard InChI is InChI=1S/C17H23N3O2S/c1-2-22-8-3-7-18-17(21)13-4-5-16-19-10-15(20(16)11-13)14-6-9-23-12-14/h6,9-10,12-13H,2-5,7-8,11H2,1H3,(H,18,21). The second-order valence-electron chi connectivity index (χ2n) is 5.76. The number of ether oxygens (including phenoxy) is 1. The Kier molecular flexibility index (Phi) is 5.46. The summed E-state index contributed by atoms with van der Waals surface area (Å²) in [6.45, 7) is 4.82. The highest BCUT2D eigenvalue weighted by atomic mass is 32.1. The third-order valence-electron chi connectivity index (χ3n) is 4.21. The molecule has 3 heterocycles. The molecule has 1 unspecified atom stereocenters. The van der Waals surface area contributed by atoms with Gasteiger partial charge < -0.3 is 14.6 Å². The normalized spacial score (nSPS) is 17.0. The number of carbonyl (C=O) groups excluding carboxylic acids is 1. The summed E-state index contributed by atoms with van der Waals surface area (Å²) in [5, 5.41) is 7.23. The predicted octanol–water partition coefficient (Wildman–Crippen LogP) is 2.72. The summed E-state index contributed by atoms with van der Waals surface area (Å²) in [5.74, 6) is 1.27. The molecule has 0 radical (unpaired) electrons. The Morgan fingerprint density at radius 3 is 3.26 bits per heavy atom. The Morgan fingerprint density at radius 2 is 2.48 bits per heavy atom. The van der Waals surface area contributed by atoms with Crippen LogP contribution in [0.3, 0.4) is 0 Å². The largest absolute Gasteiger partial charge is 0.382 e. The van der Waals surface area contributed by atoms with E-state index in [9.17, 15) is 4.79 Å². The average molecular weight is 333 g/mol. The van der Waals surface area contributed by atoms with Crippen molar-refractivity contribution in [3.05, 3.63) is 28.8 Å². The van der Waals surface area contributed by atoms with E-state index in [0.717, 1.165) is 43.9 Å². The molecular weight excluding hydrogens is 310 g/mol. The highest BCUT2D eigenvalue weighted by Crippen LogP contribution is 2.28. The molecular formula is C17H23N3O2S. The van der Waals surface area contributed by atoms with Crippen molar-refractivity contribution >= 4 is 17.2 Å². The van der Waals surface area contributed by atoms with Gasteiger partial charge in [0.2, 0.25) is 5.91 Å². The number of aryl methyl sites for hydroxylation is 1.